The number of hydrogen-bond acceptors (Lipinski definition) is 3. The van der Waals surface area contributed by atoms with Crippen LogP contribution in [0.25, 0.3) is 11.1 Å². The zero-order valence-electron chi connectivity index (χ0n) is 16.1. The van der Waals surface area contributed by atoms with Gasteiger partial charge in [0.2, 0.25) is 0 Å². The zero-order chi connectivity index (χ0) is 19.1. The molecule has 2 aromatic heterocycles. The van der Waals surface area contributed by atoms with Crippen LogP contribution >= 0.6 is 0 Å². The second-order valence-corrected chi connectivity index (χ2v) is 7.35. The number of aromatic nitrogens is 2. The molecular weight excluding hydrogens is 340 g/mol. The minimum absolute atomic E-state index is 0.740. The van der Waals surface area contributed by atoms with Gasteiger partial charge in [-0.2, -0.15) is 0 Å². The summed E-state index contributed by atoms with van der Waals surface area (Å²) in [5.74, 6) is 0. The first kappa shape index (κ1) is 20.0. The molecule has 0 aliphatic rings. The molecule has 0 N–H and O–H groups in total. The maximum absolute atomic E-state index is 11.6. The van der Waals surface area contributed by atoms with Crippen molar-refractivity contribution in [2.45, 2.75) is 39.0 Å². The Labute approximate surface area is 159 Å². The first-order valence-corrected chi connectivity index (χ1v) is 10.4. The fourth-order valence-corrected chi connectivity index (χ4v) is 3.13. The van der Waals surface area contributed by atoms with Crippen LogP contribution in [-0.4, -0.2) is 20.4 Å². The van der Waals surface area contributed by atoms with E-state index < -0.39 is 10.8 Å². The highest BCUT2D eigenvalue weighted by atomic mass is 32.2. The maximum atomic E-state index is 11.6. The summed E-state index contributed by atoms with van der Waals surface area (Å²) >= 11 is 0. The van der Waals surface area contributed by atoms with E-state index >= 15 is 0 Å². The molecule has 2 heterocycles. The quantitative estimate of drug-likeness (QED) is 0.644. The molecule has 0 aliphatic carbocycles. The van der Waals surface area contributed by atoms with Gasteiger partial charge in [-0.25, -0.2) is 0 Å². The van der Waals surface area contributed by atoms with Gasteiger partial charge < -0.3 is 0 Å². The molecule has 3 nitrogen and oxygen atoms in total. The Morgan fingerprint density at radius 1 is 0.923 bits per heavy atom. The van der Waals surface area contributed by atoms with Gasteiger partial charge >= 0.3 is 0 Å². The van der Waals surface area contributed by atoms with Crippen molar-refractivity contribution in [1.29, 1.82) is 0 Å². The van der Waals surface area contributed by atoms with E-state index in [4.69, 9.17) is 0 Å². The lowest BCUT2D eigenvalue weighted by Crippen LogP contribution is -1.98. The second kappa shape index (κ2) is 9.39. The van der Waals surface area contributed by atoms with Crippen molar-refractivity contribution in [3.8, 4) is 11.1 Å². The topological polar surface area (TPSA) is 42.9 Å². The molecule has 0 fully saturated rings. The summed E-state index contributed by atoms with van der Waals surface area (Å²) < 4.78 is 11.6. The number of nitrogens with zero attached hydrogens (tertiary/aromatic N) is 2. The predicted octanol–water partition coefficient (Wildman–Crippen LogP) is 5.11. The molecule has 1 unspecified atom stereocenters. The van der Waals surface area contributed by atoms with E-state index in [0.29, 0.717) is 0 Å². The zero-order valence-corrected chi connectivity index (χ0v) is 16.9. The Morgan fingerprint density at radius 2 is 1.62 bits per heavy atom. The molecule has 136 valence electrons. The minimum Gasteiger partial charge on any atom is -0.261 e. The number of aryl methyl sites for hydroxylation is 2. The molecule has 0 saturated heterocycles. The van der Waals surface area contributed by atoms with E-state index in [9.17, 15) is 4.21 Å². The van der Waals surface area contributed by atoms with Gasteiger partial charge in [-0.05, 0) is 54.8 Å². The molecule has 0 saturated carbocycles. The van der Waals surface area contributed by atoms with Gasteiger partial charge in [-0.3, -0.25) is 14.2 Å². The third-order valence-electron chi connectivity index (χ3n) is 3.95. The summed E-state index contributed by atoms with van der Waals surface area (Å²) in [7, 11) is -0.961. The Bertz CT molecular complexity index is 872. The Balaban J connectivity index is 0.00000117. The third-order valence-corrected chi connectivity index (χ3v) is 4.88. The van der Waals surface area contributed by atoms with E-state index in [0.717, 1.165) is 45.0 Å². The van der Waals surface area contributed by atoms with Crippen LogP contribution in [0.2, 0.25) is 0 Å². The van der Waals surface area contributed by atoms with Crippen LogP contribution in [0.15, 0.2) is 59.8 Å². The van der Waals surface area contributed by atoms with Crippen molar-refractivity contribution in [1.82, 2.24) is 9.97 Å². The smallest absolute Gasteiger partial charge is 0.0526 e. The molecule has 1 atom stereocenters. The van der Waals surface area contributed by atoms with E-state index in [1.165, 1.54) is 0 Å². The SMILES string of the molecule is CC.Cc1cnc(Cc2ccc(C)nc2)c(-c2ccc(S(C)=O)cc2)c1. The lowest BCUT2D eigenvalue weighted by atomic mass is 9.99. The second-order valence-electron chi connectivity index (χ2n) is 5.97. The van der Waals surface area contributed by atoms with E-state index in [1.54, 1.807) is 6.26 Å². The highest BCUT2D eigenvalue weighted by Crippen LogP contribution is 2.26. The number of rotatable bonds is 4. The van der Waals surface area contributed by atoms with Crippen molar-refractivity contribution in [3.63, 3.8) is 0 Å². The van der Waals surface area contributed by atoms with E-state index in [2.05, 4.69) is 22.1 Å². The maximum Gasteiger partial charge on any atom is 0.0526 e. The lowest BCUT2D eigenvalue weighted by molar-refractivity contribution is 0.687. The van der Waals surface area contributed by atoms with Crippen LogP contribution in [0.1, 0.15) is 36.4 Å². The number of hydrogen-bond donors (Lipinski definition) is 0. The fraction of sp³-hybridized carbons (Fsp3) is 0.273. The fourth-order valence-electron chi connectivity index (χ4n) is 2.61. The monoisotopic (exact) mass is 366 g/mol. The molecule has 3 rings (SSSR count). The molecule has 0 radical (unpaired) electrons. The van der Waals surface area contributed by atoms with Crippen molar-refractivity contribution in [2.75, 3.05) is 6.26 Å². The van der Waals surface area contributed by atoms with Crippen LogP contribution in [-0.2, 0) is 17.2 Å². The van der Waals surface area contributed by atoms with Crippen molar-refractivity contribution in [2.24, 2.45) is 0 Å². The first-order valence-electron chi connectivity index (χ1n) is 8.84. The van der Waals surface area contributed by atoms with Crippen molar-refractivity contribution in [3.05, 3.63) is 77.4 Å². The van der Waals surface area contributed by atoms with Gasteiger partial charge in [0.05, 0.1) is 5.69 Å². The normalized spacial score (nSPS) is 11.4. The van der Waals surface area contributed by atoms with Gasteiger partial charge in [0.15, 0.2) is 0 Å². The predicted molar refractivity (Wildman–Crippen MR) is 110 cm³/mol. The van der Waals surface area contributed by atoms with Crippen LogP contribution in [0, 0.1) is 13.8 Å². The van der Waals surface area contributed by atoms with Crippen LogP contribution in [0.3, 0.4) is 0 Å². The summed E-state index contributed by atoms with van der Waals surface area (Å²) in [5, 5.41) is 0. The van der Waals surface area contributed by atoms with Gasteiger partial charge in [-0.15, -0.1) is 0 Å². The van der Waals surface area contributed by atoms with Crippen LogP contribution in [0.4, 0.5) is 0 Å². The van der Waals surface area contributed by atoms with Gasteiger partial charge in [0.25, 0.3) is 0 Å². The lowest BCUT2D eigenvalue weighted by Gasteiger charge is -2.11. The average Bonchev–Trinajstić information content (AvgIpc) is 2.66. The molecule has 26 heavy (non-hydrogen) atoms. The van der Waals surface area contributed by atoms with Crippen molar-refractivity contribution < 1.29 is 4.21 Å². The largest absolute Gasteiger partial charge is 0.261 e. The number of benzene rings is 1. The average molecular weight is 367 g/mol. The highest BCUT2D eigenvalue weighted by Gasteiger charge is 2.09. The van der Waals surface area contributed by atoms with E-state index in [1.807, 2.05) is 70.4 Å². The Kier molecular flexibility index (Phi) is 7.22. The van der Waals surface area contributed by atoms with Gasteiger partial charge in [0.1, 0.15) is 0 Å². The Hall–Kier alpha value is -2.33. The molecule has 0 spiro atoms. The molecule has 0 aliphatic heterocycles. The van der Waals surface area contributed by atoms with Crippen molar-refractivity contribution >= 4 is 10.8 Å². The van der Waals surface area contributed by atoms with Crippen LogP contribution in [0.5, 0.6) is 0 Å². The molecule has 0 amide bonds. The highest BCUT2D eigenvalue weighted by molar-refractivity contribution is 7.84. The molecule has 3 aromatic rings. The molecule has 0 bridgehead atoms. The molecule has 4 heteroatoms. The molecule has 1 aromatic carbocycles. The summed E-state index contributed by atoms with van der Waals surface area (Å²) in [6, 6.07) is 14.2. The van der Waals surface area contributed by atoms with Crippen LogP contribution < -0.4 is 0 Å². The van der Waals surface area contributed by atoms with Gasteiger partial charge in [-0.1, -0.05) is 32.0 Å². The summed E-state index contributed by atoms with van der Waals surface area (Å²) in [6.45, 7) is 8.03. The standard InChI is InChI=1S/C20H20N2OS.C2H6/c1-14-10-19(17-6-8-18(9-7-17)24(3)23)20(22-12-14)11-16-5-4-15(2)21-13-16;1-2/h4-10,12-13H,11H2,1-3H3;1-2H3. The summed E-state index contributed by atoms with van der Waals surface area (Å²) in [5.41, 5.74) is 6.51. The third kappa shape index (κ3) is 5.09. The Morgan fingerprint density at radius 3 is 2.19 bits per heavy atom. The van der Waals surface area contributed by atoms with Gasteiger partial charge in [0, 0.05) is 52.0 Å². The first-order chi connectivity index (χ1) is 12.5. The molecular formula is C22H26N2OS. The summed E-state index contributed by atoms with van der Waals surface area (Å²) in [6.07, 6.45) is 6.24. The van der Waals surface area contributed by atoms with E-state index in [-0.39, 0.29) is 0 Å². The number of pyridine rings is 2. The summed E-state index contributed by atoms with van der Waals surface area (Å²) in [4.78, 5) is 9.84. The minimum atomic E-state index is -0.961.